The number of benzene rings is 1. The van der Waals surface area contributed by atoms with Crippen LogP contribution in [0.5, 0.6) is 5.75 Å². The van der Waals surface area contributed by atoms with Crippen LogP contribution in [0.1, 0.15) is 30.4 Å². The van der Waals surface area contributed by atoms with Gasteiger partial charge in [-0.15, -0.1) is 0 Å². The fourth-order valence-electron chi connectivity index (χ4n) is 2.63. The molecule has 1 aromatic rings. The Balaban J connectivity index is 1.71. The number of nitrogens with two attached hydrogens (primary N) is 1. The number of aryl methyl sites for hydroxylation is 1. The van der Waals surface area contributed by atoms with Crippen molar-refractivity contribution in [2.45, 2.75) is 30.1 Å². The van der Waals surface area contributed by atoms with Crippen LogP contribution in [-0.2, 0) is 0 Å². The number of halogens is 1. The molecule has 1 fully saturated rings. The van der Waals surface area contributed by atoms with Crippen molar-refractivity contribution in [3.63, 3.8) is 0 Å². The van der Waals surface area contributed by atoms with Gasteiger partial charge in [0.15, 0.2) is 0 Å². The first kappa shape index (κ1) is 16.5. The molecule has 5 heteroatoms. The zero-order valence-electron chi connectivity index (χ0n) is 12.6. The number of amidine groups is 1. The number of rotatable bonds is 6. The van der Waals surface area contributed by atoms with E-state index >= 15 is 0 Å². The lowest BCUT2D eigenvalue weighted by Crippen LogP contribution is -2.35. The Morgan fingerprint density at radius 3 is 2.76 bits per heavy atom. The summed E-state index contributed by atoms with van der Waals surface area (Å²) in [6.07, 6.45) is 3.68. The summed E-state index contributed by atoms with van der Waals surface area (Å²) in [6.45, 7) is 6.26. The number of piperidine rings is 1. The fraction of sp³-hybridized carbons (Fsp3) is 0.562. The maximum atomic E-state index is 7.47. The number of ether oxygens (including phenoxy) is 1. The molecule has 4 nitrogen and oxygen atoms in total. The minimum absolute atomic E-state index is 0.109. The maximum Gasteiger partial charge on any atom is 0.123 e. The van der Waals surface area contributed by atoms with Gasteiger partial charge in [-0.1, -0.05) is 22.6 Å². The monoisotopic (exact) mass is 401 g/mol. The van der Waals surface area contributed by atoms with Gasteiger partial charge in [0.25, 0.3) is 0 Å². The number of nitrogen functional groups attached to an aromatic ring is 1. The minimum atomic E-state index is 0.109. The zero-order valence-corrected chi connectivity index (χ0v) is 14.7. The summed E-state index contributed by atoms with van der Waals surface area (Å²) in [5.41, 5.74) is 7.29. The van der Waals surface area contributed by atoms with Crippen molar-refractivity contribution in [3.05, 3.63) is 29.3 Å². The van der Waals surface area contributed by atoms with E-state index in [4.69, 9.17) is 15.9 Å². The van der Waals surface area contributed by atoms with Gasteiger partial charge in [-0.25, -0.2) is 0 Å². The average Bonchev–Trinajstić information content (AvgIpc) is 2.45. The molecule has 0 aliphatic carbocycles. The van der Waals surface area contributed by atoms with Crippen molar-refractivity contribution in [2.24, 2.45) is 5.73 Å². The first-order valence-electron chi connectivity index (χ1n) is 7.50. The van der Waals surface area contributed by atoms with Crippen LogP contribution in [-0.4, -0.2) is 40.9 Å². The molecule has 3 N–H and O–H groups in total. The van der Waals surface area contributed by atoms with Crippen LogP contribution in [0.15, 0.2) is 18.2 Å². The summed E-state index contributed by atoms with van der Waals surface area (Å²) in [6, 6.07) is 5.71. The van der Waals surface area contributed by atoms with Crippen LogP contribution < -0.4 is 10.5 Å². The molecular formula is C16H24IN3O. The molecule has 0 aromatic heterocycles. The van der Waals surface area contributed by atoms with Crippen LogP contribution in [0.25, 0.3) is 0 Å². The molecule has 1 aliphatic heterocycles. The van der Waals surface area contributed by atoms with Gasteiger partial charge >= 0.3 is 0 Å². The number of nitrogens with zero attached hydrogens (tertiary/aromatic N) is 1. The topological polar surface area (TPSA) is 62.3 Å². The third-order valence-corrected chi connectivity index (χ3v) is 5.14. The van der Waals surface area contributed by atoms with Crippen molar-refractivity contribution in [3.8, 4) is 5.75 Å². The van der Waals surface area contributed by atoms with E-state index in [2.05, 4.69) is 27.5 Å². The Morgan fingerprint density at radius 2 is 2.14 bits per heavy atom. The normalized spacial score (nSPS) is 16.9. The molecule has 1 heterocycles. The second kappa shape index (κ2) is 7.98. The van der Waals surface area contributed by atoms with Crippen molar-refractivity contribution in [1.29, 1.82) is 5.41 Å². The highest BCUT2D eigenvalue weighted by atomic mass is 127. The molecule has 0 saturated carbocycles. The molecule has 0 amide bonds. The lowest BCUT2D eigenvalue weighted by Gasteiger charge is -2.29. The highest BCUT2D eigenvalue weighted by Gasteiger charge is 2.15. The predicted octanol–water partition coefficient (Wildman–Crippen LogP) is 2.95. The average molecular weight is 401 g/mol. The quantitative estimate of drug-likeness (QED) is 0.253. The summed E-state index contributed by atoms with van der Waals surface area (Å²) in [5, 5.41) is 7.47. The molecule has 0 radical (unpaired) electrons. The van der Waals surface area contributed by atoms with Crippen LogP contribution in [0.2, 0.25) is 0 Å². The Morgan fingerprint density at radius 1 is 1.43 bits per heavy atom. The molecule has 0 atom stereocenters. The highest BCUT2D eigenvalue weighted by Crippen LogP contribution is 2.19. The van der Waals surface area contributed by atoms with E-state index in [0.29, 0.717) is 0 Å². The number of hydrogen-bond donors (Lipinski definition) is 2. The number of alkyl halides is 1. The van der Waals surface area contributed by atoms with Gasteiger partial charge in [0.1, 0.15) is 11.6 Å². The third-order valence-electron chi connectivity index (χ3n) is 3.89. The zero-order chi connectivity index (χ0) is 15.2. The lowest BCUT2D eigenvalue weighted by atomic mass is 10.1. The van der Waals surface area contributed by atoms with Crippen molar-refractivity contribution >= 4 is 28.4 Å². The van der Waals surface area contributed by atoms with E-state index in [1.807, 2.05) is 25.1 Å². The largest absolute Gasteiger partial charge is 0.494 e. The first-order chi connectivity index (χ1) is 10.1. The number of likely N-dealkylation sites (tertiary alicyclic amines) is 1. The second-order valence-corrected chi connectivity index (χ2v) is 7.37. The van der Waals surface area contributed by atoms with E-state index in [0.717, 1.165) is 40.4 Å². The maximum absolute atomic E-state index is 7.47. The van der Waals surface area contributed by atoms with Crippen molar-refractivity contribution in [2.75, 3.05) is 26.2 Å². The number of hydrogen-bond acceptors (Lipinski definition) is 3. The highest BCUT2D eigenvalue weighted by molar-refractivity contribution is 14.1. The van der Waals surface area contributed by atoms with Gasteiger partial charge in [-0.05, 0) is 63.0 Å². The summed E-state index contributed by atoms with van der Waals surface area (Å²) in [5.74, 6) is 0.973. The fourth-order valence-corrected chi connectivity index (χ4v) is 3.19. The molecule has 0 spiro atoms. The smallest absolute Gasteiger partial charge is 0.123 e. The molecule has 116 valence electrons. The molecule has 1 aromatic carbocycles. The van der Waals surface area contributed by atoms with Crippen LogP contribution in [0, 0.1) is 12.3 Å². The lowest BCUT2D eigenvalue weighted by molar-refractivity contribution is 0.210. The molecule has 0 unspecified atom stereocenters. The van der Waals surface area contributed by atoms with E-state index < -0.39 is 0 Å². The molecule has 2 rings (SSSR count). The summed E-state index contributed by atoms with van der Waals surface area (Å²) in [4.78, 5) is 2.53. The van der Waals surface area contributed by atoms with E-state index in [9.17, 15) is 0 Å². The Labute approximate surface area is 140 Å². The molecule has 1 aliphatic rings. The summed E-state index contributed by atoms with van der Waals surface area (Å²) < 4.78 is 6.65. The molecule has 0 bridgehead atoms. The van der Waals surface area contributed by atoms with E-state index in [1.54, 1.807) is 0 Å². The predicted molar refractivity (Wildman–Crippen MR) is 95.8 cm³/mol. The van der Waals surface area contributed by atoms with Gasteiger partial charge in [0, 0.05) is 16.0 Å². The Kier molecular flexibility index (Phi) is 6.29. The van der Waals surface area contributed by atoms with Gasteiger partial charge in [0.05, 0.1) is 6.61 Å². The van der Waals surface area contributed by atoms with Crippen LogP contribution >= 0.6 is 22.6 Å². The first-order valence-corrected chi connectivity index (χ1v) is 8.75. The molecule has 21 heavy (non-hydrogen) atoms. The van der Waals surface area contributed by atoms with E-state index in [1.165, 1.54) is 25.9 Å². The van der Waals surface area contributed by atoms with Crippen LogP contribution in [0.4, 0.5) is 0 Å². The number of nitrogens with one attached hydrogen (secondary N) is 1. The summed E-state index contributed by atoms with van der Waals surface area (Å²) in [7, 11) is 0. The second-order valence-electron chi connectivity index (χ2n) is 5.61. The van der Waals surface area contributed by atoms with Gasteiger partial charge in [0.2, 0.25) is 0 Å². The third kappa shape index (κ3) is 5.14. The molecule has 1 saturated heterocycles. The van der Waals surface area contributed by atoms with Gasteiger partial charge in [-0.2, -0.15) is 0 Å². The van der Waals surface area contributed by atoms with Gasteiger partial charge < -0.3 is 15.4 Å². The molecular weight excluding hydrogens is 377 g/mol. The Hall–Kier alpha value is -0.820. The van der Waals surface area contributed by atoms with Crippen molar-refractivity contribution in [1.82, 2.24) is 4.90 Å². The van der Waals surface area contributed by atoms with Gasteiger partial charge in [-0.3, -0.25) is 5.41 Å². The minimum Gasteiger partial charge on any atom is -0.494 e. The van der Waals surface area contributed by atoms with E-state index in [-0.39, 0.29) is 5.84 Å². The Bertz CT molecular complexity index is 484. The van der Waals surface area contributed by atoms with Crippen molar-refractivity contribution < 1.29 is 4.74 Å². The summed E-state index contributed by atoms with van der Waals surface area (Å²) >= 11 is 2.55. The standard InChI is InChI=1S/C16H24IN3O/c1-12-11-14(3-4-15(12)16(18)19)21-10-2-7-20-8-5-13(17)6-9-20/h3-4,11,13H,2,5-10H2,1H3,(H3,18,19). The van der Waals surface area contributed by atoms with Crippen LogP contribution in [0.3, 0.4) is 0 Å². The SMILES string of the molecule is Cc1cc(OCCCN2CCC(I)CC2)ccc1C(=N)N.